The van der Waals surface area contributed by atoms with Crippen molar-refractivity contribution in [3.8, 4) is 11.5 Å². The monoisotopic (exact) mass is 285 g/mol. The lowest BCUT2D eigenvalue weighted by Crippen LogP contribution is -2.28. The predicted molar refractivity (Wildman–Crippen MR) is 66.8 cm³/mol. The molecule has 16 heavy (non-hydrogen) atoms. The minimum absolute atomic E-state index is 0.173. The van der Waals surface area contributed by atoms with Gasteiger partial charge in [0.15, 0.2) is 11.5 Å². The molecule has 0 saturated carbocycles. The van der Waals surface area contributed by atoms with E-state index < -0.39 is 0 Å². The van der Waals surface area contributed by atoms with E-state index in [0.29, 0.717) is 12.7 Å². The fraction of sp³-hybridized carbons (Fsp3) is 0.500. The smallest absolute Gasteiger partial charge is 0.231 e. The second-order valence-corrected chi connectivity index (χ2v) is 5.28. The fourth-order valence-electron chi connectivity index (χ4n) is 1.65. The van der Waals surface area contributed by atoms with E-state index in [0.717, 1.165) is 22.4 Å². The normalized spacial score (nSPS) is 15.6. The third-order valence-corrected chi connectivity index (χ3v) is 3.40. The van der Waals surface area contributed by atoms with Gasteiger partial charge in [0.2, 0.25) is 6.79 Å². The topological polar surface area (TPSA) is 44.5 Å². The molecule has 0 spiro atoms. The molecule has 1 heterocycles. The van der Waals surface area contributed by atoms with Crippen LogP contribution in [0.5, 0.6) is 11.5 Å². The Morgan fingerprint density at radius 2 is 2.12 bits per heavy atom. The quantitative estimate of drug-likeness (QED) is 0.929. The van der Waals surface area contributed by atoms with E-state index in [4.69, 9.17) is 15.2 Å². The SMILES string of the molecule is CC(C)C(N)Cc1cc(Br)c2c(c1)OCO2. The molecule has 1 aromatic carbocycles. The molecule has 88 valence electrons. The van der Waals surface area contributed by atoms with Gasteiger partial charge in [-0.05, 0) is 46.0 Å². The highest BCUT2D eigenvalue weighted by atomic mass is 79.9. The number of fused-ring (bicyclic) bond motifs is 1. The van der Waals surface area contributed by atoms with Gasteiger partial charge in [-0.1, -0.05) is 13.8 Å². The molecule has 0 bridgehead atoms. The average Bonchev–Trinajstić information content (AvgIpc) is 2.65. The standard InChI is InChI=1S/C12H16BrNO2/c1-7(2)10(14)4-8-3-9(13)12-11(5-8)15-6-16-12/h3,5,7,10H,4,6,14H2,1-2H3. The van der Waals surface area contributed by atoms with Crippen LogP contribution in [0.15, 0.2) is 16.6 Å². The molecule has 0 saturated heterocycles. The number of halogens is 1. The Morgan fingerprint density at radius 1 is 1.38 bits per heavy atom. The maximum absolute atomic E-state index is 6.06. The van der Waals surface area contributed by atoms with Crippen LogP contribution in [0.4, 0.5) is 0 Å². The van der Waals surface area contributed by atoms with Crippen molar-refractivity contribution in [2.45, 2.75) is 26.3 Å². The van der Waals surface area contributed by atoms with E-state index in [1.54, 1.807) is 0 Å². The minimum Gasteiger partial charge on any atom is -0.454 e. The van der Waals surface area contributed by atoms with Crippen LogP contribution >= 0.6 is 15.9 Å². The van der Waals surface area contributed by atoms with Crippen LogP contribution in [-0.4, -0.2) is 12.8 Å². The number of rotatable bonds is 3. The fourth-order valence-corrected chi connectivity index (χ4v) is 2.25. The summed E-state index contributed by atoms with van der Waals surface area (Å²) in [7, 11) is 0. The summed E-state index contributed by atoms with van der Waals surface area (Å²) in [6.45, 7) is 4.56. The van der Waals surface area contributed by atoms with Gasteiger partial charge in [-0.25, -0.2) is 0 Å². The Morgan fingerprint density at radius 3 is 2.81 bits per heavy atom. The Balaban J connectivity index is 2.20. The number of ether oxygens (including phenoxy) is 2. The lowest BCUT2D eigenvalue weighted by molar-refractivity contribution is 0.173. The second kappa shape index (κ2) is 4.63. The molecule has 1 aliphatic rings. The molecule has 1 aromatic rings. The summed E-state index contributed by atoms with van der Waals surface area (Å²) >= 11 is 3.48. The third-order valence-electron chi connectivity index (χ3n) is 2.81. The molecule has 1 atom stereocenters. The molecule has 0 aliphatic carbocycles. The Bertz CT molecular complexity index is 393. The van der Waals surface area contributed by atoms with Crippen molar-refractivity contribution in [2.24, 2.45) is 11.7 Å². The molecule has 0 aromatic heterocycles. The van der Waals surface area contributed by atoms with Crippen LogP contribution in [0, 0.1) is 5.92 Å². The van der Waals surface area contributed by atoms with E-state index in [1.807, 2.05) is 6.07 Å². The minimum atomic E-state index is 0.173. The van der Waals surface area contributed by atoms with Crippen molar-refractivity contribution in [3.05, 3.63) is 22.2 Å². The van der Waals surface area contributed by atoms with Gasteiger partial charge in [0.05, 0.1) is 4.47 Å². The number of nitrogens with two attached hydrogens (primary N) is 1. The zero-order valence-electron chi connectivity index (χ0n) is 9.50. The Hall–Kier alpha value is -0.740. The van der Waals surface area contributed by atoms with Gasteiger partial charge in [0, 0.05) is 6.04 Å². The molecular weight excluding hydrogens is 270 g/mol. The largest absolute Gasteiger partial charge is 0.454 e. The van der Waals surface area contributed by atoms with Crippen LogP contribution in [0.3, 0.4) is 0 Å². The molecule has 0 amide bonds. The number of hydrogen-bond donors (Lipinski definition) is 1. The van der Waals surface area contributed by atoms with Gasteiger partial charge in [0.1, 0.15) is 0 Å². The first-order chi connectivity index (χ1) is 7.58. The van der Waals surface area contributed by atoms with Gasteiger partial charge in [-0.15, -0.1) is 0 Å². The van der Waals surface area contributed by atoms with Gasteiger partial charge in [0.25, 0.3) is 0 Å². The lowest BCUT2D eigenvalue weighted by atomic mass is 9.97. The number of benzene rings is 1. The first-order valence-corrected chi connectivity index (χ1v) is 6.21. The first kappa shape index (κ1) is 11.7. The van der Waals surface area contributed by atoms with Gasteiger partial charge < -0.3 is 15.2 Å². The van der Waals surface area contributed by atoms with E-state index in [9.17, 15) is 0 Å². The Labute approximate surface area is 104 Å². The molecule has 3 nitrogen and oxygen atoms in total. The molecule has 1 aliphatic heterocycles. The summed E-state index contributed by atoms with van der Waals surface area (Å²) in [5, 5.41) is 0. The van der Waals surface area contributed by atoms with Crippen molar-refractivity contribution in [3.63, 3.8) is 0 Å². The summed E-state index contributed by atoms with van der Waals surface area (Å²) in [5.41, 5.74) is 7.23. The summed E-state index contributed by atoms with van der Waals surface area (Å²) in [4.78, 5) is 0. The molecule has 1 unspecified atom stereocenters. The van der Waals surface area contributed by atoms with Crippen molar-refractivity contribution in [1.29, 1.82) is 0 Å². The van der Waals surface area contributed by atoms with Gasteiger partial charge in [-0.2, -0.15) is 0 Å². The predicted octanol–water partition coefficient (Wildman–Crippen LogP) is 2.70. The third kappa shape index (κ3) is 2.33. The maximum atomic E-state index is 6.06. The van der Waals surface area contributed by atoms with E-state index in [2.05, 4.69) is 35.8 Å². The summed E-state index contributed by atoms with van der Waals surface area (Å²) in [5.74, 6) is 2.08. The van der Waals surface area contributed by atoms with Crippen LogP contribution in [0.25, 0.3) is 0 Å². The molecular formula is C12H16BrNO2. The van der Waals surface area contributed by atoms with Crippen LogP contribution in [0.2, 0.25) is 0 Å². The van der Waals surface area contributed by atoms with E-state index in [-0.39, 0.29) is 6.04 Å². The zero-order valence-corrected chi connectivity index (χ0v) is 11.1. The molecule has 4 heteroatoms. The second-order valence-electron chi connectivity index (χ2n) is 4.42. The van der Waals surface area contributed by atoms with Crippen molar-refractivity contribution in [2.75, 3.05) is 6.79 Å². The zero-order chi connectivity index (χ0) is 11.7. The van der Waals surface area contributed by atoms with Crippen LogP contribution in [-0.2, 0) is 6.42 Å². The highest BCUT2D eigenvalue weighted by Crippen LogP contribution is 2.40. The van der Waals surface area contributed by atoms with Crippen LogP contribution < -0.4 is 15.2 Å². The van der Waals surface area contributed by atoms with Gasteiger partial charge >= 0.3 is 0 Å². The van der Waals surface area contributed by atoms with E-state index in [1.165, 1.54) is 5.56 Å². The maximum Gasteiger partial charge on any atom is 0.231 e. The molecule has 0 radical (unpaired) electrons. The summed E-state index contributed by atoms with van der Waals surface area (Å²) in [6.07, 6.45) is 0.854. The molecule has 2 N–H and O–H groups in total. The first-order valence-electron chi connectivity index (χ1n) is 5.41. The van der Waals surface area contributed by atoms with Crippen molar-refractivity contribution in [1.82, 2.24) is 0 Å². The number of hydrogen-bond acceptors (Lipinski definition) is 3. The van der Waals surface area contributed by atoms with Crippen molar-refractivity contribution < 1.29 is 9.47 Å². The van der Waals surface area contributed by atoms with E-state index >= 15 is 0 Å². The average molecular weight is 286 g/mol. The van der Waals surface area contributed by atoms with Gasteiger partial charge in [-0.3, -0.25) is 0 Å². The van der Waals surface area contributed by atoms with Crippen molar-refractivity contribution >= 4 is 15.9 Å². The lowest BCUT2D eigenvalue weighted by Gasteiger charge is -2.16. The summed E-state index contributed by atoms with van der Waals surface area (Å²) < 4.78 is 11.6. The highest BCUT2D eigenvalue weighted by molar-refractivity contribution is 9.10. The molecule has 0 fully saturated rings. The highest BCUT2D eigenvalue weighted by Gasteiger charge is 2.19. The van der Waals surface area contributed by atoms with Crippen LogP contribution in [0.1, 0.15) is 19.4 Å². The summed E-state index contributed by atoms with van der Waals surface area (Å²) in [6, 6.07) is 4.23. The Kier molecular flexibility index (Phi) is 3.40. The molecule has 2 rings (SSSR count).